The lowest BCUT2D eigenvalue weighted by Gasteiger charge is -2.18. The average molecular weight is 376 g/mol. The van der Waals surface area contributed by atoms with Crippen LogP contribution in [0, 0.1) is 6.92 Å². The Labute approximate surface area is 159 Å². The maximum atomic E-state index is 10.4. The van der Waals surface area contributed by atoms with Gasteiger partial charge in [0.15, 0.2) is 0 Å². The van der Waals surface area contributed by atoms with Crippen molar-refractivity contribution in [2.24, 2.45) is 15.3 Å². The van der Waals surface area contributed by atoms with Gasteiger partial charge >= 0.3 is 0 Å². The molecule has 8 heteroatoms. The van der Waals surface area contributed by atoms with Crippen molar-refractivity contribution in [2.45, 2.75) is 27.4 Å². The minimum absolute atomic E-state index is 0.215. The van der Waals surface area contributed by atoms with Gasteiger partial charge in [0.2, 0.25) is 6.41 Å². The number of likely N-dealkylation sites (N-methyl/N-ethyl adjacent to an activating group) is 1. The number of oxime groups is 2. The molecule has 0 unspecified atom stereocenters. The summed E-state index contributed by atoms with van der Waals surface area (Å²) in [7, 11) is 5.18. The summed E-state index contributed by atoms with van der Waals surface area (Å²) in [6.45, 7) is 5.60. The summed E-state index contributed by atoms with van der Waals surface area (Å²) in [5.74, 6) is 0. The molecule has 7 nitrogen and oxygen atoms in total. The second-order valence-corrected chi connectivity index (χ2v) is 6.08. The molecule has 26 heavy (non-hydrogen) atoms. The molecular weight excluding hydrogens is 352 g/mol. The van der Waals surface area contributed by atoms with E-state index in [1.165, 1.54) is 7.11 Å². The van der Waals surface area contributed by atoms with Gasteiger partial charge in [0.1, 0.15) is 24.4 Å². The van der Waals surface area contributed by atoms with Gasteiger partial charge in [-0.25, -0.2) is 4.99 Å². The van der Waals surface area contributed by atoms with Crippen LogP contribution < -0.4 is 0 Å². The lowest BCUT2D eigenvalue weighted by Crippen LogP contribution is -2.30. The van der Waals surface area contributed by atoms with Crippen LogP contribution in [0.3, 0.4) is 0 Å². The van der Waals surface area contributed by atoms with E-state index in [-0.39, 0.29) is 6.61 Å². The van der Waals surface area contributed by atoms with Gasteiger partial charge in [-0.1, -0.05) is 40.7 Å². The molecule has 0 bridgehead atoms. The molecule has 1 aromatic carbocycles. The monoisotopic (exact) mass is 376 g/mol. The minimum Gasteiger partial charge on any atom is -0.399 e. The van der Waals surface area contributed by atoms with Crippen LogP contribution in [-0.4, -0.2) is 54.6 Å². The molecule has 0 aromatic heterocycles. The topological polar surface area (TPSA) is 75.8 Å². The highest BCUT2D eigenvalue weighted by Gasteiger charge is 2.18. The van der Waals surface area contributed by atoms with Crippen molar-refractivity contribution in [2.75, 3.05) is 21.2 Å². The fourth-order valence-corrected chi connectivity index (χ4v) is 2.20. The first-order valence-corrected chi connectivity index (χ1v) is 8.30. The fraction of sp³-hybridized carbons (Fsp3) is 0.389. The van der Waals surface area contributed by atoms with Gasteiger partial charge in [-0.15, -0.1) is 0 Å². The Balaban J connectivity index is 3.19. The summed E-state index contributed by atoms with van der Waals surface area (Å²) in [5, 5.41) is 8.12. The number of aryl methyl sites for hydroxylation is 1. The van der Waals surface area contributed by atoms with E-state index in [1.807, 2.05) is 39.2 Å². The number of carbonyl (C=O) groups excluding carboxylic acids is 1. The van der Waals surface area contributed by atoms with Crippen LogP contribution in [0.2, 0.25) is 0 Å². The lowest BCUT2D eigenvalue weighted by molar-refractivity contribution is -0.106. The number of benzene rings is 1. The summed E-state index contributed by atoms with van der Waals surface area (Å²) in [5.41, 5.74) is 4.31. The molecule has 0 saturated heterocycles. The van der Waals surface area contributed by atoms with E-state index in [0.29, 0.717) is 28.5 Å². The van der Waals surface area contributed by atoms with Crippen LogP contribution in [0.4, 0.5) is 0 Å². The van der Waals surface area contributed by atoms with Gasteiger partial charge in [-0.3, -0.25) is 4.79 Å². The van der Waals surface area contributed by atoms with Gasteiger partial charge in [0.25, 0.3) is 0 Å². The molecule has 0 radical (unpaired) electrons. The van der Waals surface area contributed by atoms with E-state index >= 15 is 0 Å². The van der Waals surface area contributed by atoms with Crippen molar-refractivity contribution >= 4 is 40.8 Å². The second kappa shape index (κ2) is 10.4. The Morgan fingerprint density at radius 1 is 1.23 bits per heavy atom. The normalized spacial score (nSPS) is 12.6. The van der Waals surface area contributed by atoms with Crippen LogP contribution in [-0.2, 0) is 21.1 Å². The second-order valence-electron chi connectivity index (χ2n) is 5.69. The van der Waals surface area contributed by atoms with Crippen molar-refractivity contribution in [1.29, 1.82) is 0 Å². The third kappa shape index (κ3) is 5.73. The smallest absolute Gasteiger partial charge is 0.233 e. The van der Waals surface area contributed by atoms with E-state index in [9.17, 15) is 4.79 Å². The fourth-order valence-electron chi connectivity index (χ4n) is 2.05. The van der Waals surface area contributed by atoms with Gasteiger partial charge in [0.05, 0.1) is 11.4 Å². The molecule has 0 saturated carbocycles. The Kier molecular flexibility index (Phi) is 8.57. The summed E-state index contributed by atoms with van der Waals surface area (Å²) < 4.78 is 0. The van der Waals surface area contributed by atoms with E-state index in [2.05, 4.69) is 15.3 Å². The molecule has 0 N–H and O–H groups in total. The molecule has 140 valence electrons. The molecule has 0 atom stereocenters. The molecule has 0 spiro atoms. The number of aliphatic imine (C=N–C) groups is 1. The van der Waals surface area contributed by atoms with Gasteiger partial charge in [-0.2, -0.15) is 0 Å². The number of nitrogens with zero attached hydrogens (tertiary/aromatic N) is 4. The largest absolute Gasteiger partial charge is 0.399 e. The highest BCUT2D eigenvalue weighted by Crippen LogP contribution is 2.18. The Hall–Kier alpha value is -2.61. The van der Waals surface area contributed by atoms with Gasteiger partial charge < -0.3 is 14.6 Å². The third-order valence-electron chi connectivity index (χ3n) is 3.64. The molecule has 1 aromatic rings. The SMILES string of the molecule is CO/N=C(\C(=S)N(C)C)c1cccc(C)c1CO/N=C(/C)C(C)=NC=O. The zero-order chi connectivity index (χ0) is 19.7. The molecule has 0 heterocycles. The van der Waals surface area contributed by atoms with Gasteiger partial charge in [-0.05, 0) is 26.3 Å². The number of hydrogen-bond acceptors (Lipinski definition) is 6. The summed E-state index contributed by atoms with van der Waals surface area (Å²) in [6, 6.07) is 5.81. The van der Waals surface area contributed by atoms with Crippen molar-refractivity contribution < 1.29 is 14.5 Å². The van der Waals surface area contributed by atoms with Crippen LogP contribution in [0.15, 0.2) is 33.5 Å². The maximum absolute atomic E-state index is 10.4. The molecule has 0 aliphatic carbocycles. The molecule has 0 aliphatic heterocycles. The quantitative estimate of drug-likeness (QED) is 0.302. The first-order chi connectivity index (χ1) is 12.3. The highest BCUT2D eigenvalue weighted by molar-refractivity contribution is 7.82. The van der Waals surface area contributed by atoms with E-state index in [0.717, 1.165) is 16.7 Å². The predicted molar refractivity (Wildman–Crippen MR) is 108 cm³/mol. The Morgan fingerprint density at radius 3 is 2.50 bits per heavy atom. The molecular formula is C18H24N4O3S. The Morgan fingerprint density at radius 2 is 1.92 bits per heavy atom. The van der Waals surface area contributed by atoms with Gasteiger partial charge in [0, 0.05) is 25.2 Å². The number of thiocarbonyl (C=S) groups is 1. The zero-order valence-corrected chi connectivity index (χ0v) is 16.8. The molecule has 0 fully saturated rings. The number of amides is 1. The first-order valence-electron chi connectivity index (χ1n) is 7.90. The number of rotatable bonds is 8. The van der Waals surface area contributed by atoms with E-state index < -0.39 is 0 Å². The van der Waals surface area contributed by atoms with Crippen LogP contribution in [0.5, 0.6) is 0 Å². The third-order valence-corrected chi connectivity index (χ3v) is 4.20. The number of hydrogen-bond donors (Lipinski definition) is 0. The van der Waals surface area contributed by atoms with Crippen LogP contribution >= 0.6 is 12.2 Å². The highest BCUT2D eigenvalue weighted by atomic mass is 32.1. The summed E-state index contributed by atoms with van der Waals surface area (Å²) >= 11 is 5.47. The maximum Gasteiger partial charge on any atom is 0.233 e. The van der Waals surface area contributed by atoms with Crippen molar-refractivity contribution in [1.82, 2.24) is 4.90 Å². The summed E-state index contributed by atoms with van der Waals surface area (Å²) in [6.07, 6.45) is 0.476. The first kappa shape index (κ1) is 21.4. The molecule has 1 amide bonds. The number of carbonyl (C=O) groups is 1. The minimum atomic E-state index is 0.215. The van der Waals surface area contributed by atoms with Crippen LogP contribution in [0.25, 0.3) is 0 Å². The standard InChI is InChI=1S/C18H24N4O3S/c1-12-8-7-9-15(17(21-24-6)18(26)22(4)5)16(12)10-25-20-14(3)13(2)19-11-23/h7-9,11H,10H2,1-6H3/b19-13?,20-14-,21-17-. The van der Waals surface area contributed by atoms with Crippen molar-refractivity contribution in [3.05, 3.63) is 34.9 Å². The van der Waals surface area contributed by atoms with Crippen LogP contribution in [0.1, 0.15) is 30.5 Å². The average Bonchev–Trinajstić information content (AvgIpc) is 2.60. The van der Waals surface area contributed by atoms with Crippen molar-refractivity contribution in [3.63, 3.8) is 0 Å². The van der Waals surface area contributed by atoms with Crippen molar-refractivity contribution in [3.8, 4) is 0 Å². The molecule has 1 rings (SSSR count). The molecule has 0 aliphatic rings. The zero-order valence-electron chi connectivity index (χ0n) is 15.9. The van der Waals surface area contributed by atoms with E-state index in [1.54, 1.807) is 18.7 Å². The summed E-state index contributed by atoms with van der Waals surface area (Å²) in [4.78, 5) is 26.9. The predicted octanol–water partition coefficient (Wildman–Crippen LogP) is 2.74. The Bertz CT molecular complexity index is 755. The van der Waals surface area contributed by atoms with E-state index in [4.69, 9.17) is 21.9 Å². The lowest BCUT2D eigenvalue weighted by atomic mass is 9.98.